The second kappa shape index (κ2) is 9.52. The van der Waals surface area contributed by atoms with E-state index in [1.54, 1.807) is 4.90 Å². The average Bonchev–Trinajstić information content (AvgIpc) is 2.64. The molecule has 2 amide bonds. The number of hydrogen-bond acceptors (Lipinski definition) is 4. The van der Waals surface area contributed by atoms with E-state index in [-0.39, 0.29) is 34.0 Å². The number of hydrogen-bond donors (Lipinski definition) is 1. The molecule has 0 unspecified atom stereocenters. The van der Waals surface area contributed by atoms with Gasteiger partial charge in [0.1, 0.15) is 0 Å². The van der Waals surface area contributed by atoms with Gasteiger partial charge in [0, 0.05) is 37.7 Å². The lowest BCUT2D eigenvalue weighted by atomic mass is 9.95. The van der Waals surface area contributed by atoms with Crippen molar-refractivity contribution in [3.05, 3.63) is 38.9 Å². The summed E-state index contributed by atoms with van der Waals surface area (Å²) in [5.41, 5.74) is 0.102. The Morgan fingerprint density at radius 1 is 1.31 bits per heavy atom. The Morgan fingerprint density at radius 3 is 2.58 bits per heavy atom. The monoisotopic (exact) mass is 381 g/mol. The van der Waals surface area contributed by atoms with Crippen LogP contribution in [0.4, 0.5) is 5.69 Å². The predicted octanol–water partition coefficient (Wildman–Crippen LogP) is 3.41. The van der Waals surface area contributed by atoms with Gasteiger partial charge in [0.25, 0.3) is 11.6 Å². The van der Waals surface area contributed by atoms with E-state index >= 15 is 0 Å². The fraction of sp³-hybridized carbons (Fsp3) is 0.556. The third-order valence-corrected chi connectivity index (χ3v) is 4.94. The zero-order chi connectivity index (χ0) is 19.1. The number of benzene rings is 1. The number of nitro groups is 1. The fourth-order valence-corrected chi connectivity index (χ4v) is 3.29. The van der Waals surface area contributed by atoms with Crippen molar-refractivity contribution in [1.29, 1.82) is 0 Å². The van der Waals surface area contributed by atoms with Crippen LogP contribution in [0.15, 0.2) is 18.2 Å². The molecule has 1 aromatic rings. The number of non-ortho nitro benzene ring substituents is 1. The highest BCUT2D eigenvalue weighted by molar-refractivity contribution is 6.34. The number of rotatable bonds is 7. The third kappa shape index (κ3) is 5.17. The van der Waals surface area contributed by atoms with Crippen LogP contribution in [0.2, 0.25) is 5.02 Å². The molecule has 7 nitrogen and oxygen atoms in total. The molecule has 0 spiro atoms. The van der Waals surface area contributed by atoms with Crippen LogP contribution in [0.25, 0.3) is 0 Å². The molecule has 1 aromatic carbocycles. The molecule has 0 bridgehead atoms. The SMILES string of the molecule is CCCCCNC(=O)C1CCN(C(=O)c2ccc([N+](=O)[O-])cc2Cl)CC1. The molecule has 142 valence electrons. The van der Waals surface area contributed by atoms with E-state index < -0.39 is 4.92 Å². The predicted molar refractivity (Wildman–Crippen MR) is 99.3 cm³/mol. The van der Waals surface area contributed by atoms with E-state index in [1.807, 2.05) is 0 Å². The summed E-state index contributed by atoms with van der Waals surface area (Å²) in [6, 6.07) is 3.84. The highest BCUT2D eigenvalue weighted by atomic mass is 35.5. The molecular formula is C18H24ClN3O4. The summed E-state index contributed by atoms with van der Waals surface area (Å²) in [4.78, 5) is 36.6. The fourth-order valence-electron chi connectivity index (χ4n) is 3.04. The molecular weight excluding hydrogens is 358 g/mol. The van der Waals surface area contributed by atoms with Gasteiger partial charge in [-0.2, -0.15) is 0 Å². The number of piperidine rings is 1. The Bertz CT molecular complexity index is 672. The second-order valence-electron chi connectivity index (χ2n) is 6.49. The van der Waals surface area contributed by atoms with Gasteiger partial charge >= 0.3 is 0 Å². The number of nitrogens with zero attached hydrogens (tertiary/aromatic N) is 2. The third-order valence-electron chi connectivity index (χ3n) is 4.63. The number of nitrogens with one attached hydrogen (secondary N) is 1. The van der Waals surface area contributed by atoms with Crippen LogP contribution < -0.4 is 5.32 Å². The quantitative estimate of drug-likeness (QED) is 0.445. The Morgan fingerprint density at radius 2 is 2.00 bits per heavy atom. The second-order valence-corrected chi connectivity index (χ2v) is 6.89. The number of halogens is 1. The molecule has 1 aliphatic heterocycles. The van der Waals surface area contributed by atoms with Crippen molar-refractivity contribution in [2.24, 2.45) is 5.92 Å². The molecule has 1 N–H and O–H groups in total. The topological polar surface area (TPSA) is 92.6 Å². The number of likely N-dealkylation sites (tertiary alicyclic amines) is 1. The van der Waals surface area contributed by atoms with E-state index in [9.17, 15) is 19.7 Å². The first-order valence-electron chi connectivity index (χ1n) is 8.95. The first-order valence-corrected chi connectivity index (χ1v) is 9.32. The number of nitro benzene ring substituents is 1. The van der Waals surface area contributed by atoms with E-state index in [2.05, 4.69) is 12.2 Å². The summed E-state index contributed by atoms with van der Waals surface area (Å²) >= 11 is 6.03. The van der Waals surface area contributed by atoms with Crippen LogP contribution in [0.3, 0.4) is 0 Å². The Balaban J connectivity index is 1.88. The van der Waals surface area contributed by atoms with Gasteiger partial charge in [-0.3, -0.25) is 19.7 Å². The van der Waals surface area contributed by atoms with Crippen molar-refractivity contribution in [3.8, 4) is 0 Å². The molecule has 0 saturated carbocycles. The minimum Gasteiger partial charge on any atom is -0.356 e. The van der Waals surface area contributed by atoms with Crippen LogP contribution in [0, 0.1) is 16.0 Å². The summed E-state index contributed by atoms with van der Waals surface area (Å²) in [6.45, 7) is 3.76. The van der Waals surface area contributed by atoms with Gasteiger partial charge in [-0.05, 0) is 25.3 Å². The molecule has 1 saturated heterocycles. The van der Waals surface area contributed by atoms with Gasteiger partial charge in [0.05, 0.1) is 15.5 Å². The van der Waals surface area contributed by atoms with Crippen LogP contribution >= 0.6 is 11.6 Å². The van der Waals surface area contributed by atoms with Crippen molar-refractivity contribution in [3.63, 3.8) is 0 Å². The van der Waals surface area contributed by atoms with Crippen LogP contribution in [-0.2, 0) is 4.79 Å². The summed E-state index contributed by atoms with van der Waals surface area (Å²) in [5.74, 6) is -0.277. The van der Waals surface area contributed by atoms with Crippen LogP contribution in [0.5, 0.6) is 0 Å². The average molecular weight is 382 g/mol. The zero-order valence-electron chi connectivity index (χ0n) is 14.9. The summed E-state index contributed by atoms with van der Waals surface area (Å²) < 4.78 is 0. The van der Waals surface area contributed by atoms with E-state index in [1.165, 1.54) is 18.2 Å². The molecule has 8 heteroatoms. The van der Waals surface area contributed by atoms with Gasteiger partial charge in [0.15, 0.2) is 0 Å². The van der Waals surface area contributed by atoms with Crippen molar-refractivity contribution < 1.29 is 14.5 Å². The van der Waals surface area contributed by atoms with Crippen molar-refractivity contribution in [2.75, 3.05) is 19.6 Å². The van der Waals surface area contributed by atoms with Gasteiger partial charge in [-0.1, -0.05) is 31.4 Å². The molecule has 0 atom stereocenters. The van der Waals surface area contributed by atoms with E-state index in [4.69, 9.17) is 11.6 Å². The minimum absolute atomic E-state index is 0.0570. The van der Waals surface area contributed by atoms with Crippen LogP contribution in [0.1, 0.15) is 49.4 Å². The molecule has 0 aromatic heterocycles. The maximum atomic E-state index is 12.6. The number of amides is 2. The largest absolute Gasteiger partial charge is 0.356 e. The number of carbonyl (C=O) groups excluding carboxylic acids is 2. The summed E-state index contributed by atoms with van der Waals surface area (Å²) in [7, 11) is 0. The van der Waals surface area contributed by atoms with E-state index in [0.29, 0.717) is 32.5 Å². The number of carbonyl (C=O) groups is 2. The highest BCUT2D eigenvalue weighted by Crippen LogP contribution is 2.26. The lowest BCUT2D eigenvalue weighted by molar-refractivity contribution is -0.384. The lowest BCUT2D eigenvalue weighted by Crippen LogP contribution is -2.43. The normalized spacial score (nSPS) is 14.9. The van der Waals surface area contributed by atoms with Gasteiger partial charge < -0.3 is 10.2 Å². The first-order chi connectivity index (χ1) is 12.4. The molecule has 26 heavy (non-hydrogen) atoms. The highest BCUT2D eigenvalue weighted by Gasteiger charge is 2.28. The Hall–Kier alpha value is -2.15. The first kappa shape index (κ1) is 20.2. The summed E-state index contributed by atoms with van der Waals surface area (Å²) in [6.07, 6.45) is 4.41. The summed E-state index contributed by atoms with van der Waals surface area (Å²) in [5, 5.41) is 13.8. The maximum Gasteiger partial charge on any atom is 0.270 e. The van der Waals surface area contributed by atoms with Gasteiger partial charge in [0.2, 0.25) is 5.91 Å². The van der Waals surface area contributed by atoms with Crippen molar-refractivity contribution in [2.45, 2.75) is 39.0 Å². The molecule has 0 aliphatic carbocycles. The van der Waals surface area contributed by atoms with E-state index in [0.717, 1.165) is 19.3 Å². The smallest absolute Gasteiger partial charge is 0.270 e. The molecule has 1 aliphatic rings. The minimum atomic E-state index is -0.551. The Kier molecular flexibility index (Phi) is 7.38. The van der Waals surface area contributed by atoms with Crippen molar-refractivity contribution in [1.82, 2.24) is 10.2 Å². The molecule has 2 rings (SSSR count). The lowest BCUT2D eigenvalue weighted by Gasteiger charge is -2.31. The molecule has 0 radical (unpaired) electrons. The molecule has 1 heterocycles. The van der Waals surface area contributed by atoms with Crippen LogP contribution in [-0.4, -0.2) is 41.3 Å². The van der Waals surface area contributed by atoms with Crippen molar-refractivity contribution >= 4 is 29.1 Å². The number of unbranched alkanes of at least 4 members (excludes halogenated alkanes) is 2. The van der Waals surface area contributed by atoms with Gasteiger partial charge in [-0.15, -0.1) is 0 Å². The van der Waals surface area contributed by atoms with Gasteiger partial charge in [-0.25, -0.2) is 0 Å². The maximum absolute atomic E-state index is 12.6. The molecule has 1 fully saturated rings. The Labute approximate surface area is 157 Å². The standard InChI is InChI=1S/C18H24ClN3O4/c1-2-3-4-9-20-17(23)13-7-10-21(11-8-13)18(24)15-6-5-14(22(25)26)12-16(15)19/h5-6,12-13H,2-4,7-11H2,1H3,(H,20,23). The zero-order valence-corrected chi connectivity index (χ0v) is 15.6.